The maximum atomic E-state index is 12.7. The topological polar surface area (TPSA) is 74.2 Å². The normalized spacial score (nSPS) is 10.9. The Hall–Kier alpha value is -2.97. The van der Waals surface area contributed by atoms with Crippen LogP contribution in [0.3, 0.4) is 0 Å². The fourth-order valence-electron chi connectivity index (χ4n) is 3.03. The smallest absolute Gasteiger partial charge is 0.173 e. The fourth-order valence-corrected chi connectivity index (χ4v) is 4.84. The molecule has 2 heterocycles. The molecule has 2 aromatic carbocycles. The second-order valence-electron chi connectivity index (χ2n) is 6.41. The first-order valence-corrected chi connectivity index (χ1v) is 11.0. The van der Waals surface area contributed by atoms with E-state index in [1.165, 1.54) is 11.8 Å². The molecule has 6 nitrogen and oxygen atoms in total. The molecule has 0 aliphatic heterocycles. The molecule has 0 saturated carbocycles. The summed E-state index contributed by atoms with van der Waals surface area (Å²) in [7, 11) is 3.11. The lowest BCUT2D eigenvalue weighted by Crippen LogP contribution is -2.04. The summed E-state index contributed by atoms with van der Waals surface area (Å²) in [4.78, 5) is 17.4. The maximum absolute atomic E-state index is 12.7. The third-order valence-electron chi connectivity index (χ3n) is 4.49. The monoisotopic (exact) mass is 437 g/mol. The molecule has 4 rings (SSSR count). The summed E-state index contributed by atoms with van der Waals surface area (Å²) in [5.74, 6) is 1.30. The largest absolute Gasteiger partial charge is 0.493 e. The summed E-state index contributed by atoms with van der Waals surface area (Å²) >= 11 is 2.93. The van der Waals surface area contributed by atoms with Crippen molar-refractivity contribution in [3.05, 3.63) is 59.1 Å². The van der Waals surface area contributed by atoms with E-state index in [0.29, 0.717) is 22.1 Å². The number of thiazole rings is 1. The molecule has 0 aliphatic rings. The van der Waals surface area contributed by atoms with Gasteiger partial charge in [0.25, 0.3) is 0 Å². The Labute approximate surface area is 182 Å². The Morgan fingerprint density at radius 1 is 1.03 bits per heavy atom. The molecule has 4 aromatic rings. The summed E-state index contributed by atoms with van der Waals surface area (Å²) in [5, 5.41) is 10.4. The summed E-state index contributed by atoms with van der Waals surface area (Å²) in [6, 6.07) is 15.1. The van der Waals surface area contributed by atoms with Gasteiger partial charge in [-0.1, -0.05) is 42.1 Å². The van der Waals surface area contributed by atoms with Gasteiger partial charge in [0.2, 0.25) is 0 Å². The molecule has 0 unspecified atom stereocenters. The van der Waals surface area contributed by atoms with Gasteiger partial charge < -0.3 is 9.47 Å². The molecule has 8 heteroatoms. The first-order valence-electron chi connectivity index (χ1n) is 9.18. The zero-order valence-electron chi connectivity index (χ0n) is 16.7. The predicted molar refractivity (Wildman–Crippen MR) is 120 cm³/mol. The zero-order valence-corrected chi connectivity index (χ0v) is 18.3. The molecule has 0 bridgehead atoms. The number of benzene rings is 2. The van der Waals surface area contributed by atoms with Crippen LogP contribution in [0.5, 0.6) is 11.5 Å². The van der Waals surface area contributed by atoms with Crippen molar-refractivity contribution in [3.8, 4) is 22.8 Å². The molecular weight excluding hydrogens is 418 g/mol. The van der Waals surface area contributed by atoms with Crippen LogP contribution < -0.4 is 9.47 Å². The van der Waals surface area contributed by atoms with Crippen LogP contribution in [-0.2, 0) is 0 Å². The van der Waals surface area contributed by atoms with Gasteiger partial charge >= 0.3 is 0 Å². The van der Waals surface area contributed by atoms with Gasteiger partial charge in [-0.3, -0.25) is 4.79 Å². The minimum atomic E-state index is -0.0324. The van der Waals surface area contributed by atoms with Crippen molar-refractivity contribution in [1.82, 2.24) is 15.2 Å². The third-order valence-corrected chi connectivity index (χ3v) is 6.42. The Balaban J connectivity index is 1.60. The number of ether oxygens (including phenoxy) is 2. The van der Waals surface area contributed by atoms with Crippen molar-refractivity contribution in [2.45, 2.75) is 11.9 Å². The fraction of sp³-hybridized carbons (Fsp3) is 0.182. The second kappa shape index (κ2) is 8.81. The van der Waals surface area contributed by atoms with Gasteiger partial charge in [0, 0.05) is 11.1 Å². The zero-order chi connectivity index (χ0) is 21.1. The molecule has 0 spiro atoms. The maximum Gasteiger partial charge on any atom is 0.173 e. The molecule has 0 N–H and O–H groups in total. The Kier molecular flexibility index (Phi) is 5.96. The van der Waals surface area contributed by atoms with Crippen LogP contribution in [0.4, 0.5) is 0 Å². The minimum absolute atomic E-state index is 0.0324. The predicted octanol–water partition coefficient (Wildman–Crippen LogP) is 5.05. The van der Waals surface area contributed by atoms with E-state index >= 15 is 0 Å². The highest BCUT2D eigenvalue weighted by Crippen LogP contribution is 2.35. The van der Waals surface area contributed by atoms with Crippen molar-refractivity contribution in [1.29, 1.82) is 0 Å². The van der Waals surface area contributed by atoms with Gasteiger partial charge in [-0.05, 0) is 25.1 Å². The van der Waals surface area contributed by atoms with Crippen molar-refractivity contribution in [2.75, 3.05) is 20.0 Å². The van der Waals surface area contributed by atoms with Gasteiger partial charge in [0.1, 0.15) is 16.2 Å². The minimum Gasteiger partial charge on any atom is -0.493 e. The van der Waals surface area contributed by atoms with Crippen LogP contribution in [0.15, 0.2) is 53.6 Å². The number of methoxy groups -OCH3 is 2. The third kappa shape index (κ3) is 4.01. The van der Waals surface area contributed by atoms with E-state index in [9.17, 15) is 4.79 Å². The van der Waals surface area contributed by atoms with Crippen molar-refractivity contribution in [2.24, 2.45) is 0 Å². The van der Waals surface area contributed by atoms with Gasteiger partial charge in [0.05, 0.1) is 29.7 Å². The molecule has 152 valence electrons. The van der Waals surface area contributed by atoms with Crippen molar-refractivity contribution < 1.29 is 14.3 Å². The molecular formula is C22H19N3O3S2. The van der Waals surface area contributed by atoms with Crippen LogP contribution in [0.25, 0.3) is 21.5 Å². The van der Waals surface area contributed by atoms with Gasteiger partial charge in [-0.2, -0.15) is 0 Å². The first-order chi connectivity index (χ1) is 14.6. The quantitative estimate of drug-likeness (QED) is 0.296. The summed E-state index contributed by atoms with van der Waals surface area (Å²) in [6.45, 7) is 1.96. The number of aromatic nitrogens is 3. The van der Waals surface area contributed by atoms with E-state index in [1.54, 1.807) is 43.8 Å². The number of nitrogens with zero attached hydrogens (tertiary/aromatic N) is 3. The van der Waals surface area contributed by atoms with E-state index in [-0.39, 0.29) is 11.5 Å². The first kappa shape index (κ1) is 20.3. The second-order valence-corrected chi connectivity index (χ2v) is 8.58. The molecule has 0 atom stereocenters. The lowest BCUT2D eigenvalue weighted by molar-refractivity contribution is 0.102. The van der Waals surface area contributed by atoms with Crippen molar-refractivity contribution in [3.63, 3.8) is 0 Å². The molecule has 0 fully saturated rings. The van der Waals surface area contributed by atoms with E-state index in [2.05, 4.69) is 15.2 Å². The highest BCUT2D eigenvalue weighted by Gasteiger charge is 2.18. The number of carbonyl (C=O) groups excluding carboxylic acids is 1. The number of fused-ring (bicyclic) bond motifs is 1. The molecule has 0 saturated heterocycles. The Morgan fingerprint density at radius 2 is 1.80 bits per heavy atom. The number of rotatable bonds is 7. The molecule has 0 radical (unpaired) electrons. The molecule has 0 aliphatic carbocycles. The van der Waals surface area contributed by atoms with E-state index in [1.807, 2.05) is 37.3 Å². The van der Waals surface area contributed by atoms with Crippen LogP contribution >= 0.6 is 23.1 Å². The van der Waals surface area contributed by atoms with Crippen LogP contribution in [-0.4, -0.2) is 40.9 Å². The van der Waals surface area contributed by atoms with Crippen LogP contribution in [0, 0.1) is 6.92 Å². The van der Waals surface area contributed by atoms with Crippen LogP contribution in [0.2, 0.25) is 0 Å². The lowest BCUT2D eigenvalue weighted by atomic mass is 10.1. The number of carbonyl (C=O) groups is 1. The number of thioether (sulfide) groups is 1. The average Bonchev–Trinajstić information content (AvgIpc) is 3.18. The van der Waals surface area contributed by atoms with Crippen LogP contribution in [0.1, 0.15) is 15.4 Å². The Bertz CT molecular complexity index is 1210. The summed E-state index contributed by atoms with van der Waals surface area (Å²) < 4.78 is 11.5. The number of Topliss-reactive ketones (excluding diaryl/α,β-unsaturated/α-hetero) is 1. The van der Waals surface area contributed by atoms with E-state index in [4.69, 9.17) is 9.47 Å². The summed E-state index contributed by atoms with van der Waals surface area (Å²) in [6.07, 6.45) is 0. The SMILES string of the molecule is COc1ccc(C(=O)CSc2nnc(-c3ccccc3)c3sc(C)nc23)cc1OC. The molecule has 0 amide bonds. The van der Waals surface area contributed by atoms with Crippen molar-refractivity contribution >= 4 is 39.1 Å². The highest BCUT2D eigenvalue weighted by atomic mass is 32.2. The van der Waals surface area contributed by atoms with E-state index in [0.717, 1.165) is 26.5 Å². The van der Waals surface area contributed by atoms with Gasteiger partial charge in [0.15, 0.2) is 17.3 Å². The van der Waals surface area contributed by atoms with Gasteiger partial charge in [-0.25, -0.2) is 4.98 Å². The number of hydrogen-bond acceptors (Lipinski definition) is 8. The number of ketones is 1. The van der Waals surface area contributed by atoms with Gasteiger partial charge in [-0.15, -0.1) is 21.5 Å². The number of hydrogen-bond donors (Lipinski definition) is 0. The Morgan fingerprint density at radius 3 is 2.53 bits per heavy atom. The summed E-state index contributed by atoms with van der Waals surface area (Å²) in [5.41, 5.74) is 3.15. The van der Waals surface area contributed by atoms with E-state index < -0.39 is 0 Å². The molecule has 30 heavy (non-hydrogen) atoms. The number of aryl methyl sites for hydroxylation is 1. The average molecular weight is 438 g/mol. The lowest BCUT2D eigenvalue weighted by Gasteiger charge is -2.09. The molecule has 2 aromatic heterocycles. The highest BCUT2D eigenvalue weighted by molar-refractivity contribution is 8.00. The standard InChI is InChI=1S/C22H19N3O3S2/c1-13-23-20-21(30-13)19(14-7-5-4-6-8-14)24-25-22(20)29-12-16(26)15-9-10-17(27-2)18(11-15)28-3/h4-11H,12H2,1-3H3.